The van der Waals surface area contributed by atoms with Gasteiger partial charge in [-0.3, -0.25) is 5.41 Å². The van der Waals surface area contributed by atoms with Crippen molar-refractivity contribution < 1.29 is 4.74 Å². The van der Waals surface area contributed by atoms with Crippen LogP contribution in [0.5, 0.6) is 5.75 Å². The lowest BCUT2D eigenvalue weighted by atomic mass is 10.1. The average Bonchev–Trinajstić information content (AvgIpc) is 2.60. The Hall–Kier alpha value is -1.03. The zero-order valence-corrected chi connectivity index (χ0v) is 12.0. The predicted molar refractivity (Wildman–Crippen MR) is 77.3 cm³/mol. The fraction of sp³-hybridized carbons (Fsp3) is 0.500. The molecule has 0 radical (unpaired) electrons. The molecule has 2 rings (SSSR count). The smallest absolute Gasteiger partial charge is 0.130 e. The Kier molecular flexibility index (Phi) is 4.64. The van der Waals surface area contributed by atoms with Gasteiger partial charge in [0.15, 0.2) is 0 Å². The molecule has 1 saturated carbocycles. The summed E-state index contributed by atoms with van der Waals surface area (Å²) in [4.78, 5) is 0. The first kappa shape index (κ1) is 13.4. The van der Waals surface area contributed by atoms with Crippen molar-refractivity contribution in [1.29, 1.82) is 5.41 Å². The second-order valence-electron chi connectivity index (χ2n) is 4.79. The van der Waals surface area contributed by atoms with Gasteiger partial charge in [0.05, 0.1) is 11.7 Å². The van der Waals surface area contributed by atoms with Gasteiger partial charge in [-0.2, -0.15) is 0 Å². The molecule has 1 aliphatic carbocycles. The first-order chi connectivity index (χ1) is 8.66. The molecule has 98 valence electrons. The number of halogens is 1. The number of ether oxygens (including phenoxy) is 1. The SMILES string of the molecule is N=C(N)c1cc(Br)ccc1OC1CCCCCC1. The van der Waals surface area contributed by atoms with Crippen molar-refractivity contribution in [1.82, 2.24) is 0 Å². The monoisotopic (exact) mass is 310 g/mol. The van der Waals surface area contributed by atoms with Crippen LogP contribution < -0.4 is 10.5 Å². The summed E-state index contributed by atoms with van der Waals surface area (Å²) in [6.07, 6.45) is 7.56. The highest BCUT2D eigenvalue weighted by atomic mass is 79.9. The molecule has 18 heavy (non-hydrogen) atoms. The quantitative estimate of drug-likeness (QED) is 0.506. The zero-order valence-electron chi connectivity index (χ0n) is 10.4. The van der Waals surface area contributed by atoms with E-state index in [0.717, 1.165) is 23.1 Å². The highest BCUT2D eigenvalue weighted by Gasteiger charge is 2.16. The van der Waals surface area contributed by atoms with Crippen LogP contribution >= 0.6 is 15.9 Å². The number of amidine groups is 1. The molecule has 4 heteroatoms. The molecule has 3 N–H and O–H groups in total. The van der Waals surface area contributed by atoms with E-state index in [4.69, 9.17) is 15.9 Å². The summed E-state index contributed by atoms with van der Waals surface area (Å²) in [6, 6.07) is 5.67. The van der Waals surface area contributed by atoms with E-state index >= 15 is 0 Å². The first-order valence-electron chi connectivity index (χ1n) is 6.47. The Morgan fingerprint density at radius 1 is 1.22 bits per heavy atom. The molecular formula is C14H19BrN2O. The van der Waals surface area contributed by atoms with E-state index in [2.05, 4.69) is 15.9 Å². The molecule has 3 nitrogen and oxygen atoms in total. The van der Waals surface area contributed by atoms with Gasteiger partial charge in [0.2, 0.25) is 0 Å². The Labute approximate surface area is 116 Å². The summed E-state index contributed by atoms with van der Waals surface area (Å²) in [6.45, 7) is 0. The maximum absolute atomic E-state index is 7.61. The second kappa shape index (κ2) is 6.23. The van der Waals surface area contributed by atoms with Crippen molar-refractivity contribution >= 4 is 21.8 Å². The van der Waals surface area contributed by atoms with Gasteiger partial charge in [-0.1, -0.05) is 28.8 Å². The summed E-state index contributed by atoms with van der Waals surface area (Å²) in [5, 5.41) is 7.61. The summed E-state index contributed by atoms with van der Waals surface area (Å²) in [5.41, 5.74) is 6.28. The van der Waals surface area contributed by atoms with Crippen LogP contribution in [0.4, 0.5) is 0 Å². The third kappa shape index (κ3) is 3.48. The van der Waals surface area contributed by atoms with Gasteiger partial charge in [-0.25, -0.2) is 0 Å². The van der Waals surface area contributed by atoms with Gasteiger partial charge < -0.3 is 10.5 Å². The average molecular weight is 311 g/mol. The minimum atomic E-state index is 0.0555. The van der Waals surface area contributed by atoms with Crippen LogP contribution in [0, 0.1) is 5.41 Å². The highest BCUT2D eigenvalue weighted by Crippen LogP contribution is 2.27. The molecule has 0 bridgehead atoms. The van der Waals surface area contributed by atoms with E-state index in [9.17, 15) is 0 Å². The van der Waals surface area contributed by atoms with Crippen molar-refractivity contribution in [2.75, 3.05) is 0 Å². The number of nitrogen functional groups attached to an aromatic ring is 1. The van der Waals surface area contributed by atoms with Crippen LogP contribution in [0.25, 0.3) is 0 Å². The van der Waals surface area contributed by atoms with E-state index in [1.807, 2.05) is 18.2 Å². The van der Waals surface area contributed by atoms with E-state index in [1.165, 1.54) is 25.7 Å². The molecule has 0 aromatic heterocycles. The summed E-state index contributed by atoms with van der Waals surface area (Å²) in [7, 11) is 0. The number of hydrogen-bond acceptors (Lipinski definition) is 2. The molecule has 0 unspecified atom stereocenters. The van der Waals surface area contributed by atoms with Crippen LogP contribution in [-0.4, -0.2) is 11.9 Å². The lowest BCUT2D eigenvalue weighted by Gasteiger charge is -2.19. The Balaban J connectivity index is 2.14. The van der Waals surface area contributed by atoms with Crippen LogP contribution in [-0.2, 0) is 0 Å². The predicted octanol–water partition coefficient (Wildman–Crippen LogP) is 3.83. The van der Waals surface area contributed by atoms with Crippen LogP contribution in [0.15, 0.2) is 22.7 Å². The Bertz CT molecular complexity index is 426. The van der Waals surface area contributed by atoms with Crippen molar-refractivity contribution in [3.8, 4) is 5.75 Å². The van der Waals surface area contributed by atoms with E-state index in [-0.39, 0.29) is 11.9 Å². The lowest BCUT2D eigenvalue weighted by Crippen LogP contribution is -2.19. The highest BCUT2D eigenvalue weighted by molar-refractivity contribution is 9.10. The summed E-state index contributed by atoms with van der Waals surface area (Å²) >= 11 is 3.39. The second-order valence-corrected chi connectivity index (χ2v) is 5.70. The largest absolute Gasteiger partial charge is 0.490 e. The number of nitrogens with one attached hydrogen (secondary N) is 1. The molecule has 0 spiro atoms. The first-order valence-corrected chi connectivity index (χ1v) is 7.27. The third-order valence-electron chi connectivity index (χ3n) is 3.33. The van der Waals surface area contributed by atoms with E-state index in [0.29, 0.717) is 5.56 Å². The fourth-order valence-electron chi connectivity index (χ4n) is 2.35. The number of rotatable bonds is 3. The summed E-state index contributed by atoms with van der Waals surface area (Å²) in [5.74, 6) is 0.789. The van der Waals surface area contributed by atoms with E-state index < -0.39 is 0 Å². The minimum Gasteiger partial charge on any atom is -0.490 e. The molecular weight excluding hydrogens is 292 g/mol. The number of benzene rings is 1. The summed E-state index contributed by atoms with van der Waals surface area (Å²) < 4.78 is 6.96. The number of hydrogen-bond donors (Lipinski definition) is 2. The minimum absolute atomic E-state index is 0.0555. The molecule has 1 fully saturated rings. The third-order valence-corrected chi connectivity index (χ3v) is 3.82. The van der Waals surface area contributed by atoms with Crippen molar-refractivity contribution in [2.45, 2.75) is 44.6 Å². The molecule has 1 aromatic carbocycles. The van der Waals surface area contributed by atoms with Gasteiger partial charge >= 0.3 is 0 Å². The van der Waals surface area contributed by atoms with Crippen molar-refractivity contribution in [3.05, 3.63) is 28.2 Å². The normalized spacial score (nSPS) is 17.2. The van der Waals surface area contributed by atoms with Crippen LogP contribution in [0.1, 0.15) is 44.1 Å². The number of nitrogens with two attached hydrogens (primary N) is 1. The Morgan fingerprint density at radius 2 is 1.89 bits per heavy atom. The Morgan fingerprint density at radius 3 is 2.50 bits per heavy atom. The zero-order chi connectivity index (χ0) is 13.0. The van der Waals surface area contributed by atoms with Crippen molar-refractivity contribution in [3.63, 3.8) is 0 Å². The van der Waals surface area contributed by atoms with E-state index in [1.54, 1.807) is 0 Å². The molecule has 0 saturated heterocycles. The molecule has 0 heterocycles. The van der Waals surface area contributed by atoms with Gasteiger partial charge in [0.25, 0.3) is 0 Å². The maximum atomic E-state index is 7.61. The molecule has 0 atom stereocenters. The molecule has 0 amide bonds. The topological polar surface area (TPSA) is 59.1 Å². The lowest BCUT2D eigenvalue weighted by molar-refractivity contribution is 0.183. The van der Waals surface area contributed by atoms with Crippen LogP contribution in [0.2, 0.25) is 0 Å². The molecule has 0 aliphatic heterocycles. The van der Waals surface area contributed by atoms with Gasteiger partial charge in [-0.15, -0.1) is 0 Å². The van der Waals surface area contributed by atoms with Gasteiger partial charge in [-0.05, 0) is 43.9 Å². The maximum Gasteiger partial charge on any atom is 0.130 e. The molecule has 1 aliphatic rings. The van der Waals surface area contributed by atoms with Gasteiger partial charge in [0, 0.05) is 4.47 Å². The standard InChI is InChI=1S/C14H19BrN2O/c15-10-7-8-13(12(9-10)14(16)17)18-11-5-3-1-2-4-6-11/h7-9,11H,1-6H2,(H3,16,17). The molecule has 1 aromatic rings. The van der Waals surface area contributed by atoms with Crippen molar-refractivity contribution in [2.24, 2.45) is 5.73 Å². The van der Waals surface area contributed by atoms with Gasteiger partial charge in [0.1, 0.15) is 11.6 Å². The fourth-order valence-corrected chi connectivity index (χ4v) is 2.72. The van der Waals surface area contributed by atoms with Crippen LogP contribution in [0.3, 0.4) is 0 Å².